The second kappa shape index (κ2) is 33.6. The van der Waals surface area contributed by atoms with Gasteiger partial charge in [-0.3, -0.25) is 33.6 Å². The van der Waals surface area contributed by atoms with Crippen LogP contribution in [0, 0.1) is 136 Å². The van der Waals surface area contributed by atoms with Crippen molar-refractivity contribution in [3.63, 3.8) is 0 Å². The van der Waals surface area contributed by atoms with E-state index in [9.17, 15) is 48.6 Å². The molecule has 2 heterocycles. The van der Waals surface area contributed by atoms with Crippen LogP contribution in [0.25, 0.3) is 0 Å². The van der Waals surface area contributed by atoms with E-state index in [0.717, 1.165) is 64.2 Å². The molecule has 2 N–H and O–H groups in total. The van der Waals surface area contributed by atoms with Gasteiger partial charge in [0.25, 0.3) is 0 Å². The Morgan fingerprint density at radius 2 is 0.935 bits per heavy atom. The third-order valence-corrected chi connectivity index (χ3v) is 23.0. The summed E-state index contributed by atoms with van der Waals surface area (Å²) >= 11 is 0. The van der Waals surface area contributed by atoms with Crippen LogP contribution in [-0.4, -0.2) is 112 Å². The summed E-state index contributed by atoms with van der Waals surface area (Å²) in [7, 11) is 0. The molecule has 8 saturated carbocycles. The van der Waals surface area contributed by atoms with Crippen molar-refractivity contribution in [3.8, 4) is 0 Å². The lowest BCUT2D eigenvalue weighted by molar-refractivity contribution is -0.174. The summed E-state index contributed by atoms with van der Waals surface area (Å²) in [5.41, 5.74) is -2.15. The van der Waals surface area contributed by atoms with Gasteiger partial charge in [-0.1, -0.05) is 88.1 Å². The van der Waals surface area contributed by atoms with Crippen molar-refractivity contribution in [3.05, 3.63) is 0 Å². The molecule has 1 amide bonds. The number of ether oxygens (including phenoxy) is 6. The zero-order valence-corrected chi connectivity index (χ0v) is 50.8. The first-order chi connectivity index (χ1) is 38.5. The predicted octanol–water partition coefficient (Wildman–Crippen LogP) is 16.1. The van der Waals surface area contributed by atoms with Crippen LogP contribution in [-0.2, 0) is 62.0 Å². The average molecular weight is 1310 g/mol. The van der Waals surface area contributed by atoms with Crippen molar-refractivity contribution in [2.75, 3.05) is 26.4 Å². The first-order valence-corrected chi connectivity index (χ1v) is 31.9. The molecule has 2 saturated heterocycles. The summed E-state index contributed by atoms with van der Waals surface area (Å²) < 4.78 is 35.1. The van der Waals surface area contributed by atoms with Crippen molar-refractivity contribution in [1.29, 1.82) is 0 Å². The number of esters is 6. The number of hydrogen-bond donors (Lipinski definition) is 2. The van der Waals surface area contributed by atoms with E-state index in [1.165, 1.54) is 0 Å². The quantitative estimate of drug-likeness (QED) is 0.0737. The molecule has 17 nitrogen and oxygen atoms in total. The number of carboxylic acids is 1. The molecule has 24 atom stereocenters. The predicted molar refractivity (Wildman–Crippen MR) is 364 cm³/mol. The molecule has 0 spiro atoms. The third-order valence-electron chi connectivity index (χ3n) is 23.0. The number of carboxylic acid groups (broad SMARTS) is 1. The van der Waals surface area contributed by atoms with E-state index >= 15 is 0 Å². The Balaban J connectivity index is 0.00000828. The number of nitrogens with zero attached hydrogens (tertiary/aromatic N) is 1. The molecule has 8 bridgehead atoms. The van der Waals surface area contributed by atoms with E-state index in [1.54, 1.807) is 32.6 Å². The molecule has 24 unspecified atom stereocenters. The molecule has 0 aromatic carbocycles. The number of likely N-dealkylation sites (tertiary alicyclic amines) is 1. The SMILES string of the molecule is C.C.C.C.C.C.C.C.C.C.CC1C(=O)OC(=O)C1CC1C(CC2C(CC3C(CC4C(C)C5CC(C(=O)OC(C)(C)C)C4C5)C4CC(C(=O)OCCO)C3C4)C3CC(C(=O)O)C2C3)C2CC1C(C(=O)OCCC1CCCCN1C(=O)OC(C)(C)C)C2C(=O)OC(C)(C)C. The Hall–Kier alpha value is -4.28. The van der Waals surface area contributed by atoms with Crippen LogP contribution in [0.15, 0.2) is 0 Å². The van der Waals surface area contributed by atoms with Crippen LogP contribution in [0.3, 0.4) is 0 Å². The van der Waals surface area contributed by atoms with Crippen molar-refractivity contribution in [1.82, 2.24) is 4.90 Å². The van der Waals surface area contributed by atoms with Gasteiger partial charge >= 0.3 is 47.9 Å². The van der Waals surface area contributed by atoms with E-state index in [2.05, 4.69) is 6.92 Å². The van der Waals surface area contributed by atoms with E-state index < -0.39 is 88.3 Å². The van der Waals surface area contributed by atoms with Gasteiger partial charge in [-0.2, -0.15) is 0 Å². The molecule has 0 aromatic rings. The van der Waals surface area contributed by atoms with Gasteiger partial charge in [0.15, 0.2) is 0 Å². The molecule has 8 aliphatic carbocycles. The standard InChI is InChI=1S/C65H97NO16.10CH4/c1-31-33-20-41(52(21-33)59(73)80-63(3,4)5)37(31)26-39-35-23-43(51(25-35)57(71)78-19-17-67)44(39)28-40-34-22-42(50(24-34)55(68)69)45(40)29-47-46(27-38-32(2)56(70)79-58(38)72)48-30-49(47)54(61(75)81-64(6,7)8)53(48)60(74)77-18-15-36-14-12-13-16-66(36)62(76)82-65(9,10)11;;;;;;;;;;/h31-54,67H,12-30H2,1-11H3,(H,68,69);10*1H4. The number of amides is 1. The lowest BCUT2D eigenvalue weighted by Gasteiger charge is -2.46. The second-order valence-electron chi connectivity index (χ2n) is 30.8. The third kappa shape index (κ3) is 17.5. The van der Waals surface area contributed by atoms with Crippen molar-refractivity contribution >= 4 is 47.9 Å². The lowest BCUT2D eigenvalue weighted by Crippen LogP contribution is -2.48. The Morgan fingerprint density at radius 3 is 1.46 bits per heavy atom. The van der Waals surface area contributed by atoms with Crippen LogP contribution in [0.1, 0.15) is 247 Å². The minimum Gasteiger partial charge on any atom is -0.481 e. The van der Waals surface area contributed by atoms with Crippen LogP contribution in [0.5, 0.6) is 0 Å². The first kappa shape index (κ1) is 87.7. The van der Waals surface area contributed by atoms with Crippen LogP contribution in [0.4, 0.5) is 4.79 Å². The molecule has 10 rings (SSSR count). The van der Waals surface area contributed by atoms with Gasteiger partial charge < -0.3 is 43.5 Å². The molecule has 2 aliphatic heterocycles. The van der Waals surface area contributed by atoms with Gasteiger partial charge in [0.1, 0.15) is 23.4 Å². The molecule has 92 heavy (non-hydrogen) atoms. The van der Waals surface area contributed by atoms with Crippen LogP contribution in [0.2, 0.25) is 0 Å². The number of aliphatic hydroxyl groups is 1. The Morgan fingerprint density at radius 1 is 0.489 bits per heavy atom. The fourth-order valence-corrected chi connectivity index (χ4v) is 20.0. The fourth-order valence-electron chi connectivity index (χ4n) is 20.0. The highest BCUT2D eigenvalue weighted by atomic mass is 16.6. The number of cyclic esters (lactones) is 2. The smallest absolute Gasteiger partial charge is 0.410 e. The monoisotopic (exact) mass is 1310 g/mol. The van der Waals surface area contributed by atoms with E-state index in [-0.39, 0.29) is 201 Å². The van der Waals surface area contributed by atoms with E-state index in [4.69, 9.17) is 28.4 Å². The summed E-state index contributed by atoms with van der Waals surface area (Å²) in [6.07, 6.45) is 10.3. The zero-order chi connectivity index (χ0) is 59.2. The van der Waals surface area contributed by atoms with Crippen LogP contribution < -0.4 is 0 Å². The summed E-state index contributed by atoms with van der Waals surface area (Å²) in [5.74, 6) is -6.75. The van der Waals surface area contributed by atoms with Crippen molar-refractivity contribution in [2.45, 2.75) is 270 Å². The molecule has 0 aromatic heterocycles. The maximum atomic E-state index is 14.9. The molecule has 17 heteroatoms. The highest BCUT2D eigenvalue weighted by Crippen LogP contribution is 2.69. The Bertz CT molecular complexity index is 2460. The largest absolute Gasteiger partial charge is 0.481 e. The number of piperidine rings is 1. The number of carbonyl (C=O) groups excluding carboxylic acids is 7. The first-order valence-electron chi connectivity index (χ1n) is 31.9. The van der Waals surface area contributed by atoms with Crippen LogP contribution >= 0.6 is 0 Å². The second-order valence-corrected chi connectivity index (χ2v) is 30.8. The van der Waals surface area contributed by atoms with E-state index in [1.807, 2.05) is 41.5 Å². The molecular weight excluding hydrogens is 1170 g/mol. The summed E-state index contributed by atoms with van der Waals surface area (Å²) in [6, 6.07) is -0.203. The molecule has 0 radical (unpaired) electrons. The summed E-state index contributed by atoms with van der Waals surface area (Å²) in [5, 5.41) is 20.6. The minimum atomic E-state index is -0.902. The molecule has 538 valence electrons. The van der Waals surface area contributed by atoms with Gasteiger partial charge in [-0.05, 0) is 247 Å². The van der Waals surface area contributed by atoms with Crippen molar-refractivity contribution in [2.24, 2.45) is 136 Å². The topological polar surface area (TPSA) is 236 Å². The Labute approximate surface area is 559 Å². The molecule has 10 aliphatic rings. The van der Waals surface area contributed by atoms with Crippen molar-refractivity contribution < 1.29 is 77.0 Å². The molecule has 10 fully saturated rings. The van der Waals surface area contributed by atoms with Gasteiger partial charge in [0.2, 0.25) is 0 Å². The highest BCUT2D eigenvalue weighted by Gasteiger charge is 2.67. The number of carbonyl (C=O) groups is 8. The number of hydrogen-bond acceptors (Lipinski definition) is 15. The normalized spacial score (nSPS) is 37.2. The van der Waals surface area contributed by atoms with Gasteiger partial charge in [-0.25, -0.2) is 4.79 Å². The summed E-state index contributed by atoms with van der Waals surface area (Å²) in [4.78, 5) is 113. The highest BCUT2D eigenvalue weighted by molar-refractivity contribution is 5.96. The zero-order valence-electron chi connectivity index (χ0n) is 50.8. The maximum absolute atomic E-state index is 14.9. The van der Waals surface area contributed by atoms with E-state index in [0.29, 0.717) is 50.0 Å². The van der Waals surface area contributed by atoms with Gasteiger partial charge in [0, 0.05) is 19.0 Å². The number of aliphatic hydroxyl groups excluding tert-OH is 1. The van der Waals surface area contributed by atoms with Gasteiger partial charge in [-0.15, -0.1) is 0 Å². The number of aliphatic carboxylic acids is 1. The minimum absolute atomic E-state index is 0. The summed E-state index contributed by atoms with van der Waals surface area (Å²) in [6.45, 7) is 21.0. The number of fused-ring (bicyclic) bond motifs is 8. The molecular formula is C75H137NO16. The fraction of sp³-hybridized carbons (Fsp3) is 0.893. The van der Waals surface area contributed by atoms with Gasteiger partial charge in [0.05, 0.1) is 54.6 Å². The number of rotatable bonds is 18. The Kier molecular flexibility index (Phi) is 32.0. The lowest BCUT2D eigenvalue weighted by atomic mass is 9.58. The maximum Gasteiger partial charge on any atom is 0.410 e. The average Bonchev–Trinajstić information content (AvgIpc) is 1.56.